The average molecular weight is 372 g/mol. The van der Waals surface area contributed by atoms with E-state index in [9.17, 15) is 14.7 Å². The summed E-state index contributed by atoms with van der Waals surface area (Å²) in [7, 11) is 0. The van der Waals surface area contributed by atoms with Gasteiger partial charge < -0.3 is 15.2 Å². The second-order valence-electron chi connectivity index (χ2n) is 6.66. The molecule has 122 valence electrons. The van der Waals surface area contributed by atoms with E-state index in [4.69, 9.17) is 4.74 Å². The monoisotopic (exact) mass is 371 g/mol. The Balaban J connectivity index is 3.10. The van der Waals surface area contributed by atoms with Crippen molar-refractivity contribution in [1.29, 1.82) is 0 Å². The minimum absolute atomic E-state index is 0.644. The molecule has 1 aromatic carbocycles. The van der Waals surface area contributed by atoms with Crippen LogP contribution in [0, 0.1) is 5.41 Å². The summed E-state index contributed by atoms with van der Waals surface area (Å²) in [5.41, 5.74) is -1.15. The van der Waals surface area contributed by atoms with E-state index < -0.39 is 29.1 Å². The quantitative estimate of drug-likeness (QED) is 0.834. The van der Waals surface area contributed by atoms with Gasteiger partial charge in [-0.1, -0.05) is 28.1 Å². The molecule has 0 saturated carbocycles. The van der Waals surface area contributed by atoms with Crippen molar-refractivity contribution >= 4 is 28.0 Å². The van der Waals surface area contributed by atoms with E-state index in [1.165, 1.54) is 0 Å². The topological polar surface area (TPSA) is 75.6 Å². The first-order valence-electron chi connectivity index (χ1n) is 6.92. The standard InChI is InChI=1S/C16H22BrNO4/c1-15(2,3)22-14(21)18-12(16(4,5)13(19)20)10-6-8-11(17)9-7-10/h6-9,12H,1-5H3,(H,18,21)(H,19,20). The van der Waals surface area contributed by atoms with Gasteiger partial charge in [-0.05, 0) is 52.3 Å². The third-order valence-electron chi connectivity index (χ3n) is 3.14. The molecule has 0 fully saturated rings. The summed E-state index contributed by atoms with van der Waals surface area (Å²) in [5, 5.41) is 12.1. The Bertz CT molecular complexity index is 546. The maximum Gasteiger partial charge on any atom is 0.408 e. The Labute approximate surface area is 139 Å². The third-order valence-corrected chi connectivity index (χ3v) is 3.67. The number of rotatable bonds is 4. The zero-order valence-corrected chi connectivity index (χ0v) is 15.0. The van der Waals surface area contributed by atoms with Crippen LogP contribution in [0.2, 0.25) is 0 Å². The molecule has 0 radical (unpaired) electrons. The molecule has 0 aromatic heterocycles. The number of carboxylic acids is 1. The number of carbonyl (C=O) groups is 2. The maximum atomic E-state index is 12.0. The third kappa shape index (κ3) is 5.02. The average Bonchev–Trinajstić information content (AvgIpc) is 2.34. The summed E-state index contributed by atoms with van der Waals surface area (Å²) in [6.45, 7) is 8.40. The maximum absolute atomic E-state index is 12.0. The molecule has 1 unspecified atom stereocenters. The van der Waals surface area contributed by atoms with Gasteiger partial charge in [0.2, 0.25) is 0 Å². The van der Waals surface area contributed by atoms with E-state index in [1.807, 2.05) is 0 Å². The highest BCUT2D eigenvalue weighted by Gasteiger charge is 2.39. The molecule has 5 nitrogen and oxygen atoms in total. The fourth-order valence-electron chi connectivity index (χ4n) is 1.88. The summed E-state index contributed by atoms with van der Waals surface area (Å²) in [6.07, 6.45) is -0.644. The van der Waals surface area contributed by atoms with Gasteiger partial charge in [0.1, 0.15) is 5.60 Å². The number of alkyl carbamates (subject to hydrolysis) is 1. The lowest BCUT2D eigenvalue weighted by Gasteiger charge is -2.32. The molecule has 6 heteroatoms. The van der Waals surface area contributed by atoms with E-state index in [-0.39, 0.29) is 0 Å². The van der Waals surface area contributed by atoms with Crippen LogP contribution in [0.4, 0.5) is 4.79 Å². The van der Waals surface area contributed by atoms with Crippen LogP contribution in [-0.4, -0.2) is 22.8 Å². The van der Waals surface area contributed by atoms with E-state index in [0.717, 1.165) is 4.47 Å². The summed E-state index contributed by atoms with van der Waals surface area (Å²) < 4.78 is 6.11. The first-order valence-corrected chi connectivity index (χ1v) is 7.71. The van der Waals surface area contributed by atoms with Crippen molar-refractivity contribution in [3.8, 4) is 0 Å². The van der Waals surface area contributed by atoms with Crippen molar-refractivity contribution in [3.63, 3.8) is 0 Å². The number of ether oxygens (including phenoxy) is 1. The summed E-state index contributed by atoms with van der Waals surface area (Å²) >= 11 is 3.34. The number of aliphatic carboxylic acids is 1. The first-order chi connectivity index (χ1) is 9.93. The summed E-state index contributed by atoms with van der Waals surface area (Å²) in [5.74, 6) is -1.00. The van der Waals surface area contributed by atoms with E-state index in [1.54, 1.807) is 58.9 Å². The van der Waals surface area contributed by atoms with Crippen LogP contribution in [0.15, 0.2) is 28.7 Å². The summed E-state index contributed by atoms with van der Waals surface area (Å²) in [4.78, 5) is 23.6. The zero-order valence-electron chi connectivity index (χ0n) is 13.4. The highest BCUT2D eigenvalue weighted by atomic mass is 79.9. The number of nitrogens with one attached hydrogen (secondary N) is 1. The molecule has 0 aliphatic heterocycles. The van der Waals surface area contributed by atoms with Crippen molar-refractivity contribution in [2.45, 2.75) is 46.3 Å². The van der Waals surface area contributed by atoms with Gasteiger partial charge >= 0.3 is 12.1 Å². The van der Waals surface area contributed by atoms with Crippen LogP contribution < -0.4 is 5.32 Å². The van der Waals surface area contributed by atoms with Gasteiger partial charge in [0.15, 0.2) is 0 Å². The molecule has 1 aromatic rings. The molecule has 1 amide bonds. The Morgan fingerprint density at radius 2 is 1.64 bits per heavy atom. The molecule has 0 saturated heterocycles. The number of carboxylic acid groups (broad SMARTS) is 1. The molecule has 22 heavy (non-hydrogen) atoms. The highest BCUT2D eigenvalue weighted by molar-refractivity contribution is 9.10. The van der Waals surface area contributed by atoms with Crippen LogP contribution in [0.1, 0.15) is 46.2 Å². The van der Waals surface area contributed by atoms with E-state index in [0.29, 0.717) is 5.56 Å². The smallest absolute Gasteiger partial charge is 0.408 e. The fraction of sp³-hybridized carbons (Fsp3) is 0.500. The predicted octanol–water partition coefficient (Wildman–Crippen LogP) is 4.13. The van der Waals surface area contributed by atoms with Gasteiger partial charge in [0.25, 0.3) is 0 Å². The Morgan fingerprint density at radius 3 is 2.05 bits per heavy atom. The number of benzene rings is 1. The second kappa shape index (κ2) is 6.69. The first kappa shape index (κ1) is 18.5. The Kier molecular flexibility index (Phi) is 5.62. The van der Waals surface area contributed by atoms with Crippen molar-refractivity contribution in [2.24, 2.45) is 5.41 Å². The lowest BCUT2D eigenvalue weighted by Crippen LogP contribution is -2.44. The number of carbonyl (C=O) groups excluding carboxylic acids is 1. The van der Waals surface area contributed by atoms with Crippen molar-refractivity contribution in [1.82, 2.24) is 5.32 Å². The Hall–Kier alpha value is -1.56. The van der Waals surface area contributed by atoms with Crippen molar-refractivity contribution in [2.75, 3.05) is 0 Å². The van der Waals surface area contributed by atoms with Gasteiger partial charge in [0, 0.05) is 4.47 Å². The molecule has 0 heterocycles. The fourth-order valence-corrected chi connectivity index (χ4v) is 2.15. The van der Waals surface area contributed by atoms with E-state index >= 15 is 0 Å². The van der Waals surface area contributed by atoms with Crippen LogP contribution >= 0.6 is 15.9 Å². The normalized spacial score (nSPS) is 13.4. The predicted molar refractivity (Wildman–Crippen MR) is 87.7 cm³/mol. The zero-order chi connectivity index (χ0) is 17.1. The van der Waals surface area contributed by atoms with Gasteiger partial charge in [-0.3, -0.25) is 4.79 Å². The number of hydrogen-bond acceptors (Lipinski definition) is 3. The molecule has 0 bridgehead atoms. The van der Waals surface area contributed by atoms with Crippen LogP contribution in [-0.2, 0) is 9.53 Å². The van der Waals surface area contributed by atoms with Gasteiger partial charge in [0.05, 0.1) is 11.5 Å². The van der Waals surface area contributed by atoms with Crippen molar-refractivity contribution < 1.29 is 19.4 Å². The molecule has 2 N–H and O–H groups in total. The number of amides is 1. The molecular weight excluding hydrogens is 350 g/mol. The molecule has 1 atom stereocenters. The van der Waals surface area contributed by atoms with Crippen LogP contribution in [0.5, 0.6) is 0 Å². The molecule has 1 rings (SSSR count). The van der Waals surface area contributed by atoms with Crippen LogP contribution in [0.3, 0.4) is 0 Å². The van der Waals surface area contributed by atoms with Gasteiger partial charge in [-0.15, -0.1) is 0 Å². The molecule has 0 spiro atoms. The lowest BCUT2D eigenvalue weighted by molar-refractivity contribution is -0.148. The van der Waals surface area contributed by atoms with E-state index in [2.05, 4.69) is 21.2 Å². The highest BCUT2D eigenvalue weighted by Crippen LogP contribution is 2.34. The van der Waals surface area contributed by atoms with Gasteiger partial charge in [-0.2, -0.15) is 0 Å². The second-order valence-corrected chi connectivity index (χ2v) is 7.57. The molecule has 0 aliphatic rings. The largest absolute Gasteiger partial charge is 0.481 e. The molecule has 0 aliphatic carbocycles. The van der Waals surface area contributed by atoms with Gasteiger partial charge in [-0.25, -0.2) is 4.79 Å². The summed E-state index contributed by atoms with van der Waals surface area (Å²) in [6, 6.07) is 6.44. The number of halogens is 1. The SMILES string of the molecule is CC(C)(C)OC(=O)NC(c1ccc(Br)cc1)C(C)(C)C(=O)O. The Morgan fingerprint density at radius 1 is 1.14 bits per heavy atom. The lowest BCUT2D eigenvalue weighted by atomic mass is 9.80. The minimum Gasteiger partial charge on any atom is -0.481 e. The van der Waals surface area contributed by atoms with Crippen molar-refractivity contribution in [3.05, 3.63) is 34.3 Å². The minimum atomic E-state index is -1.19. The molecular formula is C16H22BrNO4. The van der Waals surface area contributed by atoms with Crippen LogP contribution in [0.25, 0.3) is 0 Å². The number of hydrogen-bond donors (Lipinski definition) is 2.